The van der Waals surface area contributed by atoms with Crippen LogP contribution in [-0.2, 0) is 0 Å². The highest BCUT2D eigenvalue weighted by Crippen LogP contribution is 2.21. The summed E-state index contributed by atoms with van der Waals surface area (Å²) >= 11 is 0. The molecule has 0 saturated heterocycles. The summed E-state index contributed by atoms with van der Waals surface area (Å²) in [5.74, 6) is -0.173. The first-order valence-electron chi connectivity index (χ1n) is 6.48. The van der Waals surface area contributed by atoms with Gasteiger partial charge >= 0.3 is 0 Å². The number of nitrogens with one attached hydrogen (secondary N) is 2. The first-order chi connectivity index (χ1) is 9.25. The minimum absolute atomic E-state index is 0.173. The van der Waals surface area contributed by atoms with Gasteiger partial charge in [0.2, 0.25) is 0 Å². The summed E-state index contributed by atoms with van der Waals surface area (Å²) in [5, 5.41) is 15.9. The van der Waals surface area contributed by atoms with Gasteiger partial charge in [-0.05, 0) is 39.2 Å². The number of nitrogen functional groups attached to an aromatic ring is 1. The maximum atomic E-state index is 11.6. The van der Waals surface area contributed by atoms with E-state index in [0.29, 0.717) is 30.0 Å². The van der Waals surface area contributed by atoms with Gasteiger partial charge in [-0.15, -0.1) is 0 Å². The molecule has 1 aromatic rings. The van der Waals surface area contributed by atoms with Gasteiger partial charge in [-0.25, -0.2) is 0 Å². The van der Waals surface area contributed by atoms with Crippen molar-refractivity contribution in [2.75, 3.05) is 45.3 Å². The molecule has 0 aliphatic heterocycles. The summed E-state index contributed by atoms with van der Waals surface area (Å²) in [6.07, 6.45) is 0. The van der Waals surface area contributed by atoms with Crippen LogP contribution in [0.15, 0.2) is 18.2 Å². The monoisotopic (exact) mass is 280 g/mol. The van der Waals surface area contributed by atoms with Gasteiger partial charge in [0.15, 0.2) is 0 Å². The highest BCUT2D eigenvalue weighted by atomic mass is 16.3. The molecular weight excluding hydrogens is 256 g/mol. The van der Waals surface area contributed by atoms with Gasteiger partial charge < -0.3 is 26.4 Å². The van der Waals surface area contributed by atoms with Crippen molar-refractivity contribution in [3.63, 3.8) is 0 Å². The van der Waals surface area contributed by atoms with Crippen molar-refractivity contribution in [3.8, 4) is 0 Å². The fraction of sp³-hybridized carbons (Fsp3) is 0.500. The number of likely N-dealkylation sites (N-methyl/N-ethyl adjacent to an activating group) is 1. The quantitative estimate of drug-likeness (QED) is 0.565. The molecule has 0 radical (unpaired) electrons. The Morgan fingerprint density at radius 1 is 1.45 bits per heavy atom. The molecule has 0 aliphatic carbocycles. The Kier molecular flexibility index (Phi) is 5.35. The number of anilines is 2. The van der Waals surface area contributed by atoms with Crippen LogP contribution < -0.4 is 16.4 Å². The third kappa shape index (κ3) is 4.71. The molecule has 0 saturated carbocycles. The number of hydrogen-bond donors (Lipinski definition) is 4. The van der Waals surface area contributed by atoms with Crippen LogP contribution in [0, 0.1) is 0 Å². The number of nitrogens with zero attached hydrogens (tertiary/aromatic N) is 1. The van der Waals surface area contributed by atoms with Crippen molar-refractivity contribution in [2.24, 2.45) is 0 Å². The lowest BCUT2D eigenvalue weighted by Gasteiger charge is -2.27. The summed E-state index contributed by atoms with van der Waals surface area (Å²) in [4.78, 5) is 13.5. The maximum absolute atomic E-state index is 11.6. The van der Waals surface area contributed by atoms with Gasteiger partial charge in [0, 0.05) is 25.7 Å². The van der Waals surface area contributed by atoms with Crippen LogP contribution in [0.25, 0.3) is 0 Å². The Hall–Kier alpha value is -1.79. The number of carbonyl (C=O) groups is 1. The standard InChI is InChI=1S/C14H24N4O2/c1-14(20,9-18(3)4)8-17-12-7-10(13(19)16-2)5-6-11(12)15/h5-7,17,20H,8-9,15H2,1-4H3,(H,16,19). The summed E-state index contributed by atoms with van der Waals surface area (Å²) in [5.41, 5.74) is 6.69. The third-order valence-corrected chi connectivity index (χ3v) is 2.86. The van der Waals surface area contributed by atoms with E-state index in [-0.39, 0.29) is 5.91 Å². The van der Waals surface area contributed by atoms with Crippen LogP contribution in [0.3, 0.4) is 0 Å². The van der Waals surface area contributed by atoms with Crippen LogP contribution in [0.2, 0.25) is 0 Å². The number of amides is 1. The zero-order chi connectivity index (χ0) is 15.3. The van der Waals surface area contributed by atoms with Crippen molar-refractivity contribution in [1.29, 1.82) is 0 Å². The largest absolute Gasteiger partial charge is 0.397 e. The Bertz CT molecular complexity index is 472. The van der Waals surface area contributed by atoms with Gasteiger partial charge in [-0.3, -0.25) is 4.79 Å². The fourth-order valence-electron chi connectivity index (χ4n) is 2.02. The Labute approximate surface area is 120 Å². The van der Waals surface area contributed by atoms with E-state index in [1.54, 1.807) is 32.2 Å². The van der Waals surface area contributed by atoms with Gasteiger partial charge in [0.1, 0.15) is 0 Å². The number of benzene rings is 1. The van der Waals surface area contributed by atoms with Crippen molar-refractivity contribution in [1.82, 2.24) is 10.2 Å². The molecule has 1 rings (SSSR count). The molecule has 0 aromatic heterocycles. The zero-order valence-corrected chi connectivity index (χ0v) is 12.5. The van der Waals surface area contributed by atoms with Crippen LogP contribution in [0.1, 0.15) is 17.3 Å². The first kappa shape index (κ1) is 16.3. The van der Waals surface area contributed by atoms with Gasteiger partial charge in [-0.2, -0.15) is 0 Å². The minimum Gasteiger partial charge on any atom is -0.397 e. The number of nitrogens with two attached hydrogens (primary N) is 1. The van der Waals surface area contributed by atoms with E-state index in [2.05, 4.69) is 10.6 Å². The highest BCUT2D eigenvalue weighted by Gasteiger charge is 2.21. The number of carbonyl (C=O) groups excluding carboxylic acids is 1. The summed E-state index contributed by atoms with van der Waals surface area (Å²) in [7, 11) is 5.37. The molecule has 1 unspecified atom stereocenters. The molecule has 20 heavy (non-hydrogen) atoms. The second kappa shape index (κ2) is 6.58. The lowest BCUT2D eigenvalue weighted by molar-refractivity contribution is 0.0460. The molecule has 1 amide bonds. The van der Waals surface area contributed by atoms with Crippen LogP contribution in [0.4, 0.5) is 11.4 Å². The minimum atomic E-state index is -0.890. The predicted molar refractivity (Wildman–Crippen MR) is 81.9 cm³/mol. The normalized spacial score (nSPS) is 13.9. The zero-order valence-electron chi connectivity index (χ0n) is 12.5. The molecule has 6 nitrogen and oxygen atoms in total. The number of hydrogen-bond acceptors (Lipinski definition) is 5. The van der Waals surface area contributed by atoms with E-state index in [1.807, 2.05) is 19.0 Å². The topological polar surface area (TPSA) is 90.6 Å². The Morgan fingerprint density at radius 2 is 2.10 bits per heavy atom. The van der Waals surface area contributed by atoms with Crippen molar-refractivity contribution >= 4 is 17.3 Å². The summed E-state index contributed by atoms with van der Waals surface area (Å²) in [6, 6.07) is 5.02. The molecule has 1 atom stereocenters. The maximum Gasteiger partial charge on any atom is 0.251 e. The second-order valence-electron chi connectivity index (χ2n) is 5.47. The Morgan fingerprint density at radius 3 is 2.65 bits per heavy atom. The molecular formula is C14H24N4O2. The number of rotatable bonds is 6. The second-order valence-corrected chi connectivity index (χ2v) is 5.47. The van der Waals surface area contributed by atoms with Gasteiger partial charge in [0.05, 0.1) is 17.0 Å². The average molecular weight is 280 g/mol. The first-order valence-corrected chi connectivity index (χ1v) is 6.48. The lowest BCUT2D eigenvalue weighted by Crippen LogP contribution is -2.43. The molecule has 0 heterocycles. The van der Waals surface area contributed by atoms with Gasteiger partial charge in [-0.1, -0.05) is 0 Å². The van der Waals surface area contributed by atoms with Crippen molar-refractivity contribution in [3.05, 3.63) is 23.8 Å². The predicted octanol–water partition coefficient (Wildman–Crippen LogP) is 0.353. The SMILES string of the molecule is CNC(=O)c1ccc(N)c(NCC(C)(O)CN(C)C)c1. The molecule has 5 N–H and O–H groups in total. The molecule has 0 spiro atoms. The molecule has 0 bridgehead atoms. The van der Waals surface area contributed by atoms with Crippen molar-refractivity contribution < 1.29 is 9.90 Å². The van der Waals surface area contributed by atoms with Crippen LogP contribution in [-0.4, -0.2) is 55.7 Å². The van der Waals surface area contributed by atoms with Crippen LogP contribution >= 0.6 is 0 Å². The average Bonchev–Trinajstić information content (AvgIpc) is 2.35. The van der Waals surface area contributed by atoms with E-state index in [1.165, 1.54) is 0 Å². The highest BCUT2D eigenvalue weighted by molar-refractivity contribution is 5.96. The molecule has 0 fully saturated rings. The van der Waals surface area contributed by atoms with Crippen molar-refractivity contribution in [2.45, 2.75) is 12.5 Å². The van der Waals surface area contributed by atoms with Crippen LogP contribution in [0.5, 0.6) is 0 Å². The van der Waals surface area contributed by atoms with E-state index >= 15 is 0 Å². The molecule has 6 heteroatoms. The van der Waals surface area contributed by atoms with E-state index in [0.717, 1.165) is 0 Å². The number of aliphatic hydroxyl groups is 1. The smallest absolute Gasteiger partial charge is 0.251 e. The fourth-order valence-corrected chi connectivity index (χ4v) is 2.02. The van der Waals surface area contributed by atoms with E-state index < -0.39 is 5.60 Å². The molecule has 1 aromatic carbocycles. The lowest BCUT2D eigenvalue weighted by atomic mass is 10.1. The van der Waals surface area contributed by atoms with Gasteiger partial charge in [0.25, 0.3) is 5.91 Å². The summed E-state index contributed by atoms with van der Waals surface area (Å²) in [6.45, 7) is 2.61. The summed E-state index contributed by atoms with van der Waals surface area (Å²) < 4.78 is 0. The molecule has 112 valence electrons. The molecule has 0 aliphatic rings. The van der Waals surface area contributed by atoms with E-state index in [9.17, 15) is 9.90 Å². The Balaban J connectivity index is 2.79. The third-order valence-electron chi connectivity index (χ3n) is 2.86. The van der Waals surface area contributed by atoms with E-state index in [4.69, 9.17) is 5.73 Å².